The Bertz CT molecular complexity index is 1000. The summed E-state index contributed by atoms with van der Waals surface area (Å²) in [6.07, 6.45) is 2.32. The molecule has 2 aromatic heterocycles. The number of ketones is 1. The smallest absolute Gasteiger partial charge is 0.208 e. The molecule has 4 atom stereocenters. The van der Waals surface area contributed by atoms with Gasteiger partial charge in [-0.3, -0.25) is 9.36 Å². The molecular formula is C21H27N5O4. The van der Waals surface area contributed by atoms with Gasteiger partial charge < -0.3 is 20.7 Å². The molecule has 160 valence electrons. The average molecular weight is 413 g/mol. The zero-order valence-corrected chi connectivity index (χ0v) is 17.2. The van der Waals surface area contributed by atoms with E-state index in [1.165, 1.54) is 43.5 Å². The fraction of sp³-hybridized carbons (Fsp3) is 0.619. The fourth-order valence-corrected chi connectivity index (χ4v) is 4.21. The number of imidazole rings is 1. The number of nitrogens with zero attached hydrogens (tertiary/aromatic N) is 4. The summed E-state index contributed by atoms with van der Waals surface area (Å²) in [4.78, 5) is 24.5. The molecule has 1 aliphatic carbocycles. The monoisotopic (exact) mass is 413 g/mol. The van der Waals surface area contributed by atoms with Crippen molar-refractivity contribution in [3.8, 4) is 11.8 Å². The van der Waals surface area contributed by atoms with Crippen molar-refractivity contribution in [2.75, 3.05) is 5.73 Å². The van der Waals surface area contributed by atoms with Crippen LogP contribution >= 0.6 is 0 Å². The Morgan fingerprint density at radius 1 is 1.27 bits per heavy atom. The molecule has 0 bridgehead atoms. The fourth-order valence-electron chi connectivity index (χ4n) is 4.21. The molecule has 2 aliphatic rings. The highest BCUT2D eigenvalue weighted by Crippen LogP contribution is 2.33. The van der Waals surface area contributed by atoms with Crippen molar-refractivity contribution in [3.05, 3.63) is 12.2 Å². The van der Waals surface area contributed by atoms with E-state index in [4.69, 9.17) is 10.5 Å². The van der Waals surface area contributed by atoms with Crippen LogP contribution in [0, 0.1) is 23.7 Å². The van der Waals surface area contributed by atoms with Crippen LogP contribution in [0.3, 0.4) is 0 Å². The molecule has 4 rings (SSSR count). The van der Waals surface area contributed by atoms with Crippen molar-refractivity contribution >= 4 is 22.8 Å². The van der Waals surface area contributed by atoms with Gasteiger partial charge in [0.2, 0.25) is 5.82 Å². The molecule has 1 saturated heterocycles. The topological polar surface area (TPSA) is 136 Å². The van der Waals surface area contributed by atoms with Crippen LogP contribution in [-0.4, -0.2) is 53.8 Å². The lowest BCUT2D eigenvalue weighted by Gasteiger charge is -2.24. The van der Waals surface area contributed by atoms with Gasteiger partial charge in [0.1, 0.15) is 23.8 Å². The van der Waals surface area contributed by atoms with Crippen LogP contribution in [-0.2, 0) is 9.53 Å². The van der Waals surface area contributed by atoms with Crippen LogP contribution < -0.4 is 5.73 Å². The Hall–Kier alpha value is -2.54. The highest BCUT2D eigenvalue weighted by molar-refractivity contribution is 5.83. The van der Waals surface area contributed by atoms with Crippen LogP contribution in [0.4, 0.5) is 5.82 Å². The lowest BCUT2D eigenvalue weighted by molar-refractivity contribution is -0.133. The maximum Gasteiger partial charge on any atom is 0.208 e. The average Bonchev–Trinajstić information content (AvgIpc) is 3.25. The summed E-state index contributed by atoms with van der Waals surface area (Å²) in [5.41, 5.74) is 6.71. The van der Waals surface area contributed by atoms with E-state index in [0.29, 0.717) is 17.1 Å². The SMILES string of the molecule is CC(=O)[C@H]1O[C@@H](n2cnc3c(N)nc(C#CCC4CCC(C)CC4)nc32)[C@@H](O)C1O. The minimum absolute atomic E-state index is 0.172. The molecule has 0 amide bonds. The first-order valence-corrected chi connectivity index (χ1v) is 10.4. The molecule has 2 aromatic rings. The van der Waals surface area contributed by atoms with E-state index in [1.807, 2.05) is 0 Å². The van der Waals surface area contributed by atoms with Crippen molar-refractivity contribution in [3.63, 3.8) is 0 Å². The molecule has 9 nitrogen and oxygen atoms in total. The molecule has 9 heteroatoms. The maximum atomic E-state index is 11.7. The van der Waals surface area contributed by atoms with E-state index in [-0.39, 0.29) is 17.4 Å². The van der Waals surface area contributed by atoms with Gasteiger partial charge in [-0.2, -0.15) is 0 Å². The van der Waals surface area contributed by atoms with E-state index < -0.39 is 24.5 Å². The third-order valence-corrected chi connectivity index (χ3v) is 6.09. The highest BCUT2D eigenvalue weighted by atomic mass is 16.6. The van der Waals surface area contributed by atoms with Crippen LogP contribution in [0.1, 0.15) is 58.0 Å². The van der Waals surface area contributed by atoms with Crippen molar-refractivity contribution in [1.82, 2.24) is 19.5 Å². The largest absolute Gasteiger partial charge is 0.387 e. The number of aliphatic hydroxyl groups excluding tert-OH is 2. The minimum atomic E-state index is -1.33. The van der Waals surface area contributed by atoms with Crippen LogP contribution in [0.25, 0.3) is 11.2 Å². The normalized spacial score (nSPS) is 31.5. The van der Waals surface area contributed by atoms with Crippen molar-refractivity contribution < 1.29 is 19.7 Å². The second-order valence-corrected chi connectivity index (χ2v) is 8.43. The Kier molecular flexibility index (Phi) is 5.73. The van der Waals surface area contributed by atoms with Crippen LogP contribution in [0.2, 0.25) is 0 Å². The molecular weight excluding hydrogens is 386 g/mol. The van der Waals surface area contributed by atoms with E-state index in [9.17, 15) is 15.0 Å². The first-order valence-electron chi connectivity index (χ1n) is 10.4. The number of nitrogen functional groups attached to an aromatic ring is 1. The lowest BCUT2D eigenvalue weighted by Crippen LogP contribution is -2.34. The molecule has 2 fully saturated rings. The van der Waals surface area contributed by atoms with Crippen LogP contribution in [0.15, 0.2) is 6.33 Å². The summed E-state index contributed by atoms with van der Waals surface area (Å²) in [6, 6.07) is 0. The third kappa shape index (κ3) is 3.90. The van der Waals surface area contributed by atoms with Crippen LogP contribution in [0.5, 0.6) is 0 Å². The minimum Gasteiger partial charge on any atom is -0.387 e. The van der Waals surface area contributed by atoms with E-state index in [2.05, 4.69) is 33.7 Å². The Balaban J connectivity index is 1.58. The molecule has 0 aromatic carbocycles. The number of ether oxygens (including phenoxy) is 1. The number of anilines is 1. The molecule has 4 N–H and O–H groups in total. The van der Waals surface area contributed by atoms with Crippen molar-refractivity contribution in [2.45, 2.75) is 70.5 Å². The summed E-state index contributed by atoms with van der Waals surface area (Å²) in [6.45, 7) is 3.59. The molecule has 1 unspecified atom stereocenters. The van der Waals surface area contributed by atoms with Gasteiger partial charge in [0.25, 0.3) is 0 Å². The van der Waals surface area contributed by atoms with Gasteiger partial charge in [0, 0.05) is 6.42 Å². The number of carbonyl (C=O) groups is 1. The van der Waals surface area contributed by atoms with Crippen molar-refractivity contribution in [1.29, 1.82) is 0 Å². The highest BCUT2D eigenvalue weighted by Gasteiger charge is 2.46. The summed E-state index contributed by atoms with van der Waals surface area (Å²) >= 11 is 0. The number of carbonyl (C=O) groups excluding carboxylic acids is 1. The van der Waals surface area contributed by atoms with E-state index in [1.54, 1.807) is 0 Å². The molecule has 1 aliphatic heterocycles. The summed E-state index contributed by atoms with van der Waals surface area (Å²) in [5.74, 6) is 7.64. The van der Waals surface area contributed by atoms with Gasteiger partial charge in [-0.25, -0.2) is 15.0 Å². The van der Waals surface area contributed by atoms with Crippen molar-refractivity contribution in [2.24, 2.45) is 11.8 Å². The van der Waals surface area contributed by atoms with Gasteiger partial charge in [0.05, 0.1) is 6.33 Å². The van der Waals surface area contributed by atoms with Gasteiger partial charge in [-0.15, -0.1) is 0 Å². The second kappa shape index (κ2) is 8.30. The number of hydrogen-bond acceptors (Lipinski definition) is 8. The lowest BCUT2D eigenvalue weighted by atomic mass is 9.81. The third-order valence-electron chi connectivity index (χ3n) is 6.09. The number of aromatic nitrogens is 4. The number of hydrogen-bond donors (Lipinski definition) is 3. The molecule has 0 spiro atoms. The Labute approximate surface area is 174 Å². The second-order valence-electron chi connectivity index (χ2n) is 8.43. The number of nitrogens with two attached hydrogens (primary N) is 1. The van der Waals surface area contributed by atoms with Gasteiger partial charge in [-0.05, 0) is 37.5 Å². The molecule has 30 heavy (non-hydrogen) atoms. The maximum absolute atomic E-state index is 11.7. The molecule has 1 saturated carbocycles. The van der Waals surface area contributed by atoms with Gasteiger partial charge in [-0.1, -0.05) is 25.7 Å². The first kappa shape index (κ1) is 20.7. The Morgan fingerprint density at radius 3 is 2.67 bits per heavy atom. The zero-order chi connectivity index (χ0) is 21.4. The quantitative estimate of drug-likeness (QED) is 0.638. The number of Topliss-reactive ketones (excluding diaryl/α,β-unsaturated/α-hetero) is 1. The summed E-state index contributed by atoms with van der Waals surface area (Å²) in [7, 11) is 0. The van der Waals surface area contributed by atoms with E-state index >= 15 is 0 Å². The number of rotatable bonds is 3. The summed E-state index contributed by atoms with van der Waals surface area (Å²) < 4.78 is 7.04. The molecule has 0 radical (unpaired) electrons. The van der Waals surface area contributed by atoms with Gasteiger partial charge >= 0.3 is 0 Å². The Morgan fingerprint density at radius 2 is 2.00 bits per heavy atom. The number of aliphatic hydroxyl groups is 2. The predicted octanol–water partition coefficient (Wildman–Crippen LogP) is 1.18. The zero-order valence-electron chi connectivity index (χ0n) is 17.2. The standard InChI is InChI=1S/C21H27N5O4/c1-11-6-8-13(9-7-11)4-3-5-14-24-19(22)15-20(25-14)26(10-23-15)21-17(29)16(28)18(30-21)12(2)27/h10-11,13,16-18,21,28-29H,4,6-9H2,1-2H3,(H2,22,24,25)/t11?,13?,16?,17-,18+,21+/m0/s1. The van der Waals surface area contributed by atoms with E-state index in [0.717, 1.165) is 12.3 Å². The molecule has 3 heterocycles. The van der Waals surface area contributed by atoms with Gasteiger partial charge in [0.15, 0.2) is 23.5 Å². The first-order chi connectivity index (χ1) is 14.3. The summed E-state index contributed by atoms with van der Waals surface area (Å²) in [5, 5.41) is 20.5. The predicted molar refractivity (Wildman–Crippen MR) is 109 cm³/mol. The number of fused-ring (bicyclic) bond motifs is 1.